The minimum absolute atomic E-state index is 0.103. The Bertz CT molecular complexity index is 904. The second-order valence-corrected chi connectivity index (χ2v) is 7.99. The van der Waals surface area contributed by atoms with Gasteiger partial charge in [-0.25, -0.2) is 0 Å². The Balaban J connectivity index is 1.98. The second kappa shape index (κ2) is 9.24. The minimum atomic E-state index is -0.673. The molecule has 1 N–H and O–H groups in total. The number of ether oxygens (including phenoxy) is 2. The highest BCUT2D eigenvalue weighted by Gasteiger charge is 2.46. The third-order valence-electron chi connectivity index (χ3n) is 4.69. The van der Waals surface area contributed by atoms with Crippen LogP contribution in [0.5, 0.6) is 5.75 Å². The molecule has 7 heteroatoms. The first-order valence-corrected chi connectivity index (χ1v) is 10.4. The van der Waals surface area contributed by atoms with Gasteiger partial charge in [-0.15, -0.1) is 11.3 Å². The summed E-state index contributed by atoms with van der Waals surface area (Å²) >= 11 is 1.45. The van der Waals surface area contributed by atoms with Crippen molar-refractivity contribution in [2.45, 2.75) is 32.4 Å². The second-order valence-electron chi connectivity index (χ2n) is 7.01. The van der Waals surface area contributed by atoms with Crippen molar-refractivity contribution >= 4 is 28.8 Å². The summed E-state index contributed by atoms with van der Waals surface area (Å²) in [7, 11) is 1.53. The lowest BCUT2D eigenvalue weighted by Gasteiger charge is -2.24. The van der Waals surface area contributed by atoms with Crippen LogP contribution in [0.3, 0.4) is 0 Å². The molecule has 0 bridgehead atoms. The molecule has 1 aromatic heterocycles. The maximum atomic E-state index is 12.9. The first kappa shape index (κ1) is 21.1. The zero-order valence-corrected chi connectivity index (χ0v) is 17.6. The van der Waals surface area contributed by atoms with E-state index in [0.29, 0.717) is 30.9 Å². The molecule has 3 rings (SSSR count). The predicted octanol–water partition coefficient (Wildman–Crippen LogP) is 3.99. The molecule has 1 atom stereocenters. The van der Waals surface area contributed by atoms with Crippen LogP contribution in [0.1, 0.15) is 36.8 Å². The van der Waals surface area contributed by atoms with Gasteiger partial charge in [0, 0.05) is 23.6 Å². The number of aliphatic hydroxyl groups is 1. The number of ketones is 1. The van der Waals surface area contributed by atoms with Crippen LogP contribution in [-0.4, -0.2) is 48.1 Å². The summed E-state index contributed by atoms with van der Waals surface area (Å²) in [5.41, 5.74) is 0.544. The van der Waals surface area contributed by atoms with Crippen molar-refractivity contribution in [3.8, 4) is 5.75 Å². The van der Waals surface area contributed by atoms with Crippen molar-refractivity contribution in [2.24, 2.45) is 0 Å². The molecule has 1 amide bonds. The number of aliphatic hydroxyl groups excluding tert-OH is 1. The predicted molar refractivity (Wildman–Crippen MR) is 112 cm³/mol. The number of thiophene rings is 1. The van der Waals surface area contributed by atoms with Crippen molar-refractivity contribution in [1.29, 1.82) is 0 Å². The maximum Gasteiger partial charge on any atom is 0.295 e. The van der Waals surface area contributed by atoms with E-state index in [2.05, 4.69) is 0 Å². The lowest BCUT2D eigenvalue weighted by molar-refractivity contribution is -0.140. The SMILES string of the molecule is COc1cccc(C(O)=C2C(=O)C(=O)N(CCCOC(C)C)C2c2cccs2)c1. The number of carbonyl (C=O) groups excluding carboxylic acids is 2. The number of likely N-dealkylation sites (tertiary alicyclic amines) is 1. The normalized spacial score (nSPS) is 18.6. The molecule has 1 saturated heterocycles. The van der Waals surface area contributed by atoms with Crippen LogP contribution >= 0.6 is 11.3 Å². The standard InChI is InChI=1S/C22H25NO5S/c1-14(2)28-11-6-10-23-19(17-9-5-12-29-17)18(21(25)22(23)26)20(24)15-7-4-8-16(13-15)27-3/h4-5,7-9,12-14,19,24H,6,10-11H2,1-3H3. The van der Waals surface area contributed by atoms with Crippen LogP contribution in [-0.2, 0) is 14.3 Å². The smallest absolute Gasteiger partial charge is 0.295 e. The molecule has 6 nitrogen and oxygen atoms in total. The number of carbonyl (C=O) groups is 2. The van der Waals surface area contributed by atoms with Gasteiger partial charge in [-0.3, -0.25) is 9.59 Å². The van der Waals surface area contributed by atoms with Gasteiger partial charge in [-0.05, 0) is 43.8 Å². The highest BCUT2D eigenvalue weighted by Crippen LogP contribution is 2.41. The fourth-order valence-corrected chi connectivity index (χ4v) is 4.18. The lowest BCUT2D eigenvalue weighted by Crippen LogP contribution is -2.31. The van der Waals surface area contributed by atoms with Gasteiger partial charge in [0.25, 0.3) is 11.7 Å². The first-order valence-electron chi connectivity index (χ1n) is 9.52. The van der Waals surface area contributed by atoms with Crippen LogP contribution in [0.25, 0.3) is 5.76 Å². The number of methoxy groups -OCH3 is 1. The highest BCUT2D eigenvalue weighted by molar-refractivity contribution is 7.10. The zero-order valence-electron chi connectivity index (χ0n) is 16.8. The van der Waals surface area contributed by atoms with Crippen LogP contribution in [0.4, 0.5) is 0 Å². The topological polar surface area (TPSA) is 76.1 Å². The largest absolute Gasteiger partial charge is 0.507 e. The number of amides is 1. The number of rotatable bonds is 8. The molecular weight excluding hydrogens is 390 g/mol. The molecule has 29 heavy (non-hydrogen) atoms. The third-order valence-corrected chi connectivity index (χ3v) is 5.62. The summed E-state index contributed by atoms with van der Waals surface area (Å²) in [4.78, 5) is 28.0. The fourth-order valence-electron chi connectivity index (χ4n) is 3.33. The van der Waals surface area contributed by atoms with E-state index >= 15 is 0 Å². The Morgan fingerprint density at radius 2 is 2.03 bits per heavy atom. The summed E-state index contributed by atoms with van der Waals surface area (Å²) in [6.07, 6.45) is 0.707. The van der Waals surface area contributed by atoms with Gasteiger partial charge >= 0.3 is 0 Å². The molecular formula is C22H25NO5S. The molecule has 0 spiro atoms. The molecule has 2 aromatic rings. The molecule has 1 fully saturated rings. The van der Waals surface area contributed by atoms with E-state index in [-0.39, 0.29) is 17.4 Å². The number of hydrogen-bond donors (Lipinski definition) is 1. The van der Waals surface area contributed by atoms with Gasteiger partial charge in [0.1, 0.15) is 11.5 Å². The van der Waals surface area contributed by atoms with Crippen LogP contribution < -0.4 is 4.74 Å². The quantitative estimate of drug-likeness (QED) is 0.305. The molecule has 0 radical (unpaired) electrons. The maximum absolute atomic E-state index is 12.9. The minimum Gasteiger partial charge on any atom is -0.507 e. The van der Waals surface area contributed by atoms with E-state index in [1.165, 1.54) is 23.3 Å². The molecule has 1 aliphatic heterocycles. The fraction of sp³-hybridized carbons (Fsp3) is 0.364. The Hall–Kier alpha value is -2.64. The van der Waals surface area contributed by atoms with E-state index < -0.39 is 17.7 Å². The van der Waals surface area contributed by atoms with Crippen LogP contribution in [0.2, 0.25) is 0 Å². The Morgan fingerprint density at radius 3 is 2.69 bits per heavy atom. The van der Waals surface area contributed by atoms with Crippen molar-refractivity contribution in [2.75, 3.05) is 20.3 Å². The first-order chi connectivity index (χ1) is 13.9. The summed E-state index contributed by atoms with van der Waals surface area (Å²) in [5, 5.41) is 12.9. The van der Waals surface area contributed by atoms with Crippen LogP contribution in [0.15, 0.2) is 47.4 Å². The summed E-state index contributed by atoms with van der Waals surface area (Å²) in [5.74, 6) is -0.908. The van der Waals surface area contributed by atoms with E-state index in [1.807, 2.05) is 31.4 Å². The van der Waals surface area contributed by atoms with Gasteiger partial charge in [0.05, 0.1) is 24.8 Å². The number of hydrogen-bond acceptors (Lipinski definition) is 6. The lowest BCUT2D eigenvalue weighted by atomic mass is 9.99. The van der Waals surface area contributed by atoms with Crippen molar-refractivity contribution in [3.05, 3.63) is 57.8 Å². The number of benzene rings is 1. The Labute approximate surface area is 174 Å². The molecule has 1 aliphatic rings. The van der Waals surface area contributed by atoms with E-state index in [1.54, 1.807) is 24.3 Å². The van der Waals surface area contributed by atoms with Crippen molar-refractivity contribution < 1.29 is 24.2 Å². The average molecular weight is 416 g/mol. The molecule has 2 heterocycles. The average Bonchev–Trinajstić information content (AvgIpc) is 3.32. The molecule has 0 aliphatic carbocycles. The molecule has 1 unspecified atom stereocenters. The summed E-state index contributed by atoms with van der Waals surface area (Å²) in [6, 6.07) is 9.94. The van der Waals surface area contributed by atoms with Gasteiger partial charge in [0.15, 0.2) is 0 Å². The molecule has 154 valence electrons. The number of Topliss-reactive ketones (excluding diaryl/α,β-unsaturated/α-hetero) is 1. The van der Waals surface area contributed by atoms with Crippen molar-refractivity contribution in [1.82, 2.24) is 4.90 Å². The zero-order chi connectivity index (χ0) is 21.0. The Kier molecular flexibility index (Phi) is 6.71. The van der Waals surface area contributed by atoms with Gasteiger partial charge < -0.3 is 19.5 Å². The molecule has 0 saturated carbocycles. The van der Waals surface area contributed by atoms with Gasteiger partial charge in [-0.2, -0.15) is 0 Å². The van der Waals surface area contributed by atoms with E-state index in [4.69, 9.17) is 9.47 Å². The van der Waals surface area contributed by atoms with Gasteiger partial charge in [0.2, 0.25) is 0 Å². The van der Waals surface area contributed by atoms with Gasteiger partial charge in [-0.1, -0.05) is 18.2 Å². The summed E-state index contributed by atoms with van der Waals surface area (Å²) in [6.45, 7) is 4.76. The van der Waals surface area contributed by atoms with E-state index in [9.17, 15) is 14.7 Å². The van der Waals surface area contributed by atoms with Crippen molar-refractivity contribution in [3.63, 3.8) is 0 Å². The monoisotopic (exact) mass is 415 g/mol. The highest BCUT2D eigenvalue weighted by atomic mass is 32.1. The van der Waals surface area contributed by atoms with Crippen LogP contribution in [0, 0.1) is 0 Å². The molecule has 1 aromatic carbocycles. The Morgan fingerprint density at radius 1 is 1.24 bits per heavy atom. The summed E-state index contributed by atoms with van der Waals surface area (Å²) < 4.78 is 10.8. The third kappa shape index (κ3) is 4.52. The van der Waals surface area contributed by atoms with E-state index in [0.717, 1.165) is 4.88 Å². The number of nitrogens with zero attached hydrogens (tertiary/aromatic N) is 1.